The van der Waals surface area contributed by atoms with Crippen LogP contribution in [0.1, 0.15) is 135 Å². The van der Waals surface area contributed by atoms with Gasteiger partial charge in [0.1, 0.15) is 24.4 Å². The molecule has 0 aromatic rings. The Balaban J connectivity index is 2.15. The van der Waals surface area contributed by atoms with Crippen LogP contribution in [0.15, 0.2) is 0 Å². The molecule has 2 fully saturated rings. The van der Waals surface area contributed by atoms with E-state index in [9.17, 15) is 0 Å². The summed E-state index contributed by atoms with van der Waals surface area (Å²) in [5, 5.41) is 0. The Kier molecular flexibility index (Phi) is 11.9. The molecule has 8 heteroatoms. The van der Waals surface area contributed by atoms with Crippen LogP contribution in [-0.2, 0) is 39.1 Å². The number of hydrogen-bond donors (Lipinski definition) is 0. The van der Waals surface area contributed by atoms with Crippen LogP contribution in [0.3, 0.4) is 0 Å². The maximum Gasteiger partial charge on any atom is 0.122 e. The second-order valence-electron chi connectivity index (χ2n) is 16.2. The lowest BCUT2D eigenvalue weighted by Crippen LogP contribution is -2.48. The zero-order valence-corrected chi connectivity index (χ0v) is 27.5. The molecule has 0 spiro atoms. The number of rotatable bonds is 10. The first-order valence-electron chi connectivity index (χ1n) is 14.9. The van der Waals surface area contributed by atoms with Crippen molar-refractivity contribution in [3.05, 3.63) is 0 Å². The van der Waals surface area contributed by atoms with E-state index in [1.165, 1.54) is 0 Å². The van der Waals surface area contributed by atoms with Gasteiger partial charge < -0.3 is 0 Å². The van der Waals surface area contributed by atoms with Gasteiger partial charge in [0.05, 0.1) is 22.4 Å². The lowest BCUT2D eigenvalue weighted by atomic mass is 9.60. The van der Waals surface area contributed by atoms with Crippen LogP contribution < -0.4 is 0 Å². The smallest absolute Gasteiger partial charge is 0.122 e. The third kappa shape index (κ3) is 12.6. The van der Waals surface area contributed by atoms with Crippen LogP contribution in [-0.4, -0.2) is 46.8 Å². The van der Waals surface area contributed by atoms with Gasteiger partial charge in [0.25, 0.3) is 0 Å². The van der Waals surface area contributed by atoms with Gasteiger partial charge in [-0.15, -0.1) is 0 Å². The van der Waals surface area contributed by atoms with Gasteiger partial charge in [-0.05, 0) is 139 Å². The number of hydrogen-bond acceptors (Lipinski definition) is 8. The van der Waals surface area contributed by atoms with E-state index in [1.54, 1.807) is 0 Å². The molecule has 0 amide bonds. The molecule has 0 N–H and O–H groups in total. The molecule has 232 valence electrons. The molecule has 0 aromatic heterocycles. The minimum atomic E-state index is -0.414. The highest BCUT2D eigenvalue weighted by molar-refractivity contribution is 4.95. The second kappa shape index (κ2) is 13.3. The van der Waals surface area contributed by atoms with Crippen LogP contribution in [0.25, 0.3) is 0 Å². The Hall–Kier alpha value is -0.320. The molecule has 0 saturated heterocycles. The minimum Gasteiger partial charge on any atom is -0.231 e. The van der Waals surface area contributed by atoms with E-state index in [-0.39, 0.29) is 29.8 Å². The van der Waals surface area contributed by atoms with Crippen LogP contribution in [0.4, 0.5) is 0 Å². The zero-order valence-electron chi connectivity index (χ0n) is 27.5. The summed E-state index contributed by atoms with van der Waals surface area (Å²) in [6, 6.07) is 0. The molecular formula is C31H60O8. The first kappa shape index (κ1) is 34.9. The Morgan fingerprint density at radius 1 is 0.359 bits per heavy atom. The van der Waals surface area contributed by atoms with Crippen molar-refractivity contribution in [3.63, 3.8) is 0 Å². The monoisotopic (exact) mass is 560 g/mol. The van der Waals surface area contributed by atoms with Gasteiger partial charge in [-0.25, -0.2) is 39.1 Å². The summed E-state index contributed by atoms with van der Waals surface area (Å²) in [6.07, 6.45) is 4.57. The van der Waals surface area contributed by atoms with Gasteiger partial charge >= 0.3 is 0 Å². The fourth-order valence-electron chi connectivity index (χ4n) is 5.13. The van der Waals surface area contributed by atoms with Crippen LogP contribution >= 0.6 is 0 Å². The van der Waals surface area contributed by atoms with E-state index in [0.717, 1.165) is 38.5 Å². The van der Waals surface area contributed by atoms with Crippen molar-refractivity contribution in [1.82, 2.24) is 0 Å². The van der Waals surface area contributed by atoms with Gasteiger partial charge in [-0.2, -0.15) is 0 Å². The molecule has 6 unspecified atom stereocenters. The van der Waals surface area contributed by atoms with E-state index in [4.69, 9.17) is 39.1 Å². The normalized spacial score (nSPS) is 30.0. The molecule has 2 aliphatic carbocycles. The minimum absolute atomic E-state index is 0.0262. The molecule has 2 saturated carbocycles. The topological polar surface area (TPSA) is 73.8 Å². The highest BCUT2D eigenvalue weighted by Crippen LogP contribution is 2.50. The van der Waals surface area contributed by atoms with E-state index in [1.807, 2.05) is 83.1 Å². The Morgan fingerprint density at radius 3 is 0.872 bits per heavy atom. The Morgan fingerprint density at radius 2 is 0.615 bits per heavy atom. The fourth-order valence-corrected chi connectivity index (χ4v) is 5.13. The summed E-state index contributed by atoms with van der Waals surface area (Å²) in [5.74, 6) is 0.830. The largest absolute Gasteiger partial charge is 0.231 e. The molecule has 2 aliphatic rings. The highest BCUT2D eigenvalue weighted by Gasteiger charge is 2.48. The maximum atomic E-state index is 6.03. The molecule has 39 heavy (non-hydrogen) atoms. The zero-order chi connectivity index (χ0) is 29.9. The van der Waals surface area contributed by atoms with Gasteiger partial charge in [0.15, 0.2) is 0 Å². The van der Waals surface area contributed by atoms with Gasteiger partial charge in [0.2, 0.25) is 0 Å². The predicted molar refractivity (Wildman–Crippen MR) is 151 cm³/mol. The fraction of sp³-hybridized carbons (Fsp3) is 1.00. The molecule has 6 atom stereocenters. The highest BCUT2D eigenvalue weighted by atomic mass is 17.2. The standard InChI is InChI=1S/C31H60O8/c1-27(2,3)36-32-23-17-15-21(19-25(23)34-38-29(7,8)9)31(13,14)22-16-18-24(33-37-28(4,5)6)26(20-22)35-39-30(10,11)12/h21-26H,15-20H2,1-14H3. The summed E-state index contributed by atoms with van der Waals surface area (Å²) in [7, 11) is 0. The first-order valence-corrected chi connectivity index (χ1v) is 14.9. The summed E-state index contributed by atoms with van der Waals surface area (Å²) in [5.41, 5.74) is -1.59. The molecule has 8 nitrogen and oxygen atoms in total. The van der Waals surface area contributed by atoms with E-state index in [2.05, 4.69) is 13.8 Å². The predicted octanol–water partition coefficient (Wildman–Crippen LogP) is 8.07. The van der Waals surface area contributed by atoms with E-state index >= 15 is 0 Å². The maximum absolute atomic E-state index is 6.03. The summed E-state index contributed by atoms with van der Waals surface area (Å²) in [4.78, 5) is 46.9. The molecule has 0 bridgehead atoms. The van der Waals surface area contributed by atoms with Crippen molar-refractivity contribution in [2.24, 2.45) is 17.3 Å². The van der Waals surface area contributed by atoms with Gasteiger partial charge in [-0.3, -0.25) is 0 Å². The Labute approximate surface area is 238 Å². The molecule has 0 aliphatic heterocycles. The van der Waals surface area contributed by atoms with E-state index in [0.29, 0.717) is 11.8 Å². The van der Waals surface area contributed by atoms with Gasteiger partial charge in [-0.1, -0.05) is 13.8 Å². The SMILES string of the molecule is CC(C)(C)OOC1CCC(C(C)(C)C2CCC(OOC(C)(C)C)C(OOC(C)(C)C)C2)CC1OOC(C)(C)C. The van der Waals surface area contributed by atoms with Crippen molar-refractivity contribution in [2.45, 2.75) is 182 Å². The van der Waals surface area contributed by atoms with Crippen molar-refractivity contribution in [2.75, 3.05) is 0 Å². The van der Waals surface area contributed by atoms with Crippen molar-refractivity contribution < 1.29 is 39.1 Å². The van der Waals surface area contributed by atoms with Crippen molar-refractivity contribution in [1.29, 1.82) is 0 Å². The first-order chi connectivity index (χ1) is 17.6. The average molecular weight is 561 g/mol. The lowest BCUT2D eigenvalue weighted by Gasteiger charge is -2.49. The average Bonchev–Trinajstić information content (AvgIpc) is 2.77. The van der Waals surface area contributed by atoms with Crippen LogP contribution in [0.5, 0.6) is 0 Å². The van der Waals surface area contributed by atoms with Gasteiger partial charge in [0, 0.05) is 0 Å². The molecule has 0 heterocycles. The summed E-state index contributed by atoms with van der Waals surface area (Å²) < 4.78 is 0. The quantitative estimate of drug-likeness (QED) is 0.196. The molecular weight excluding hydrogens is 500 g/mol. The third-order valence-electron chi connectivity index (χ3n) is 7.25. The molecule has 0 aromatic carbocycles. The molecule has 0 radical (unpaired) electrons. The van der Waals surface area contributed by atoms with Crippen LogP contribution in [0, 0.1) is 17.3 Å². The second-order valence-corrected chi connectivity index (χ2v) is 16.2. The summed E-state index contributed by atoms with van der Waals surface area (Å²) in [6.45, 7) is 28.6. The molecule has 2 rings (SSSR count). The lowest BCUT2D eigenvalue weighted by molar-refractivity contribution is -0.439. The van der Waals surface area contributed by atoms with E-state index < -0.39 is 22.4 Å². The third-order valence-corrected chi connectivity index (χ3v) is 7.25. The summed E-state index contributed by atoms with van der Waals surface area (Å²) >= 11 is 0. The van der Waals surface area contributed by atoms with Crippen LogP contribution in [0.2, 0.25) is 0 Å². The van der Waals surface area contributed by atoms with Crippen molar-refractivity contribution >= 4 is 0 Å². The Bertz CT molecular complexity index is 665. The van der Waals surface area contributed by atoms with Crippen molar-refractivity contribution in [3.8, 4) is 0 Å².